The Labute approximate surface area is 145 Å². The van der Waals surface area contributed by atoms with Crippen molar-refractivity contribution >= 4 is 11.6 Å². The molecule has 0 aliphatic heterocycles. The summed E-state index contributed by atoms with van der Waals surface area (Å²) in [7, 11) is 0. The fourth-order valence-electron chi connectivity index (χ4n) is 1.86. The van der Waals surface area contributed by atoms with Crippen LogP contribution < -0.4 is 0 Å². The number of hydrogen-bond acceptors (Lipinski definition) is 0. The molecular formula is C18H35ClZr. The van der Waals surface area contributed by atoms with Gasteiger partial charge in [-0.05, 0) is 0 Å². The molecule has 0 heterocycles. The van der Waals surface area contributed by atoms with Gasteiger partial charge in [0.05, 0.1) is 0 Å². The first kappa shape index (κ1) is 22.9. The van der Waals surface area contributed by atoms with Crippen LogP contribution in [0.15, 0.2) is 21.0 Å². The van der Waals surface area contributed by atoms with Gasteiger partial charge >= 0.3 is 79.2 Å². The predicted octanol–water partition coefficient (Wildman–Crippen LogP) is 7.28. The maximum absolute atomic E-state index is 5.72. The second-order valence-corrected chi connectivity index (χ2v) is 9.57. The molecule has 0 radical (unpaired) electrons. The predicted molar refractivity (Wildman–Crippen MR) is 92.2 cm³/mol. The first-order chi connectivity index (χ1) is 9.71. The van der Waals surface area contributed by atoms with E-state index < -0.39 is 0 Å². The number of allylic oxidation sites excluding steroid dienone is 4. The maximum atomic E-state index is 5.72. The average Bonchev–Trinajstić information content (AvgIpc) is 2.90. The molecule has 0 N–H and O–H groups in total. The largest absolute Gasteiger partial charge is 0.0654 e. The van der Waals surface area contributed by atoms with Crippen molar-refractivity contribution in [1.82, 2.24) is 0 Å². The van der Waals surface area contributed by atoms with E-state index in [9.17, 15) is 0 Å². The Hall–Kier alpha value is 0.653. The summed E-state index contributed by atoms with van der Waals surface area (Å²) in [5.74, 6) is 0. The molecule has 1 aliphatic rings. The Morgan fingerprint density at radius 3 is 1.75 bits per heavy atom. The normalized spacial score (nSPS) is 12.5. The first-order valence-electron chi connectivity index (χ1n) is 8.39. The molecule has 0 amide bonds. The fourth-order valence-corrected chi connectivity index (χ4v) is 5.05. The number of alkyl halides is 1. The summed E-state index contributed by atoms with van der Waals surface area (Å²) in [4.78, 5) is 0. The maximum Gasteiger partial charge on any atom is -0.0538 e. The van der Waals surface area contributed by atoms with Crippen molar-refractivity contribution in [3.8, 4) is 0 Å². The molecule has 0 saturated carbocycles. The van der Waals surface area contributed by atoms with Gasteiger partial charge < -0.3 is 0 Å². The number of halogens is 1. The van der Waals surface area contributed by atoms with E-state index in [4.69, 9.17) is 11.6 Å². The molecule has 0 fully saturated rings. The van der Waals surface area contributed by atoms with Crippen LogP contribution in [-0.4, -0.2) is 3.59 Å². The Kier molecular flexibility index (Phi) is 22.5. The van der Waals surface area contributed by atoms with E-state index in [1.54, 1.807) is 8.85 Å². The minimum atomic E-state index is -0.334. The topological polar surface area (TPSA) is 0 Å². The van der Waals surface area contributed by atoms with Crippen LogP contribution in [0.3, 0.4) is 0 Å². The van der Waals surface area contributed by atoms with Gasteiger partial charge in [0.2, 0.25) is 0 Å². The second-order valence-electron chi connectivity index (χ2n) is 4.98. The fraction of sp³-hybridized carbons (Fsp3) is 0.778. The van der Waals surface area contributed by atoms with E-state index in [1.807, 2.05) is 0 Å². The Morgan fingerprint density at radius 1 is 0.950 bits per heavy atom. The van der Waals surface area contributed by atoms with E-state index in [1.165, 1.54) is 51.4 Å². The molecule has 1 rings (SSSR count). The molecule has 118 valence electrons. The zero-order valence-corrected chi connectivity index (χ0v) is 17.6. The Morgan fingerprint density at radius 2 is 1.45 bits per heavy atom. The van der Waals surface area contributed by atoms with Crippen molar-refractivity contribution < 1.29 is 23.2 Å². The van der Waals surface area contributed by atoms with Crippen LogP contribution >= 0.6 is 11.6 Å². The van der Waals surface area contributed by atoms with Crippen molar-refractivity contribution in [1.29, 1.82) is 0 Å². The molecule has 0 aromatic rings. The molecule has 0 atom stereocenters. The summed E-state index contributed by atoms with van der Waals surface area (Å²) >= 11 is 5.38. The van der Waals surface area contributed by atoms with Crippen LogP contribution in [0.2, 0.25) is 0 Å². The van der Waals surface area contributed by atoms with Gasteiger partial charge in [-0.3, -0.25) is 0 Å². The number of hydrogen-bond donors (Lipinski definition) is 0. The molecule has 0 aromatic heterocycles. The Bertz CT molecular complexity index is 234. The van der Waals surface area contributed by atoms with E-state index >= 15 is 0 Å². The van der Waals surface area contributed by atoms with E-state index in [-0.39, 0.29) is 23.2 Å². The van der Waals surface area contributed by atoms with Crippen LogP contribution in [-0.2, 0) is 23.2 Å². The zero-order valence-electron chi connectivity index (χ0n) is 14.4. The van der Waals surface area contributed by atoms with E-state index in [0.29, 0.717) is 0 Å². The van der Waals surface area contributed by atoms with E-state index in [2.05, 4.69) is 46.8 Å². The number of rotatable bonds is 7. The van der Waals surface area contributed by atoms with Crippen LogP contribution in [0.5, 0.6) is 0 Å². The third kappa shape index (κ3) is 15.0. The van der Waals surface area contributed by atoms with Crippen LogP contribution in [0.25, 0.3) is 0 Å². The molecule has 0 saturated heterocycles. The van der Waals surface area contributed by atoms with Crippen molar-refractivity contribution in [3.63, 3.8) is 0 Å². The van der Waals surface area contributed by atoms with Gasteiger partial charge in [0.15, 0.2) is 0 Å². The number of unbranched alkanes of at least 4 members (excludes halogenated alkanes) is 4. The van der Waals surface area contributed by atoms with Gasteiger partial charge in [-0.25, -0.2) is 0 Å². The standard InChI is InChI=1S/C7H9.2C5H12.CH2Cl.Zr/c1-2-7-5-3-4-6-7;2*1-3-5-4-2;1-2;/h3,5H,2,4H2,1H3;2*3-5H2,1-2H3;1H2;. The zero-order chi connectivity index (χ0) is 15.6. The average molecular weight is 378 g/mol. The summed E-state index contributed by atoms with van der Waals surface area (Å²) in [5.41, 5.74) is 1.58. The van der Waals surface area contributed by atoms with Gasteiger partial charge in [-0.15, -0.1) is 0 Å². The minimum absolute atomic E-state index is 0.334. The monoisotopic (exact) mass is 376 g/mol. The van der Waals surface area contributed by atoms with Crippen LogP contribution in [0.1, 0.15) is 86.0 Å². The Balaban J connectivity index is 0. The van der Waals surface area contributed by atoms with Gasteiger partial charge in [0.25, 0.3) is 0 Å². The van der Waals surface area contributed by atoms with Gasteiger partial charge in [-0.2, -0.15) is 0 Å². The van der Waals surface area contributed by atoms with Crippen molar-refractivity contribution in [2.24, 2.45) is 0 Å². The summed E-state index contributed by atoms with van der Waals surface area (Å²) in [6.07, 6.45) is 15.1. The molecular weight excluding hydrogens is 343 g/mol. The molecule has 0 nitrogen and oxygen atoms in total. The first-order valence-corrected chi connectivity index (χ1v) is 11.9. The molecule has 0 unspecified atom stereocenters. The molecule has 2 heteroatoms. The van der Waals surface area contributed by atoms with E-state index in [0.717, 1.165) is 3.59 Å². The molecule has 1 aliphatic carbocycles. The molecule has 0 aromatic carbocycles. The summed E-state index contributed by atoms with van der Waals surface area (Å²) in [6, 6.07) is 0. The molecule has 0 spiro atoms. The van der Waals surface area contributed by atoms with Crippen molar-refractivity contribution in [3.05, 3.63) is 21.0 Å². The molecule has 0 bridgehead atoms. The van der Waals surface area contributed by atoms with Gasteiger partial charge in [0.1, 0.15) is 0 Å². The molecule has 20 heavy (non-hydrogen) atoms. The summed E-state index contributed by atoms with van der Waals surface area (Å²) < 4.78 is 2.64. The third-order valence-corrected chi connectivity index (χ3v) is 6.56. The van der Waals surface area contributed by atoms with Crippen molar-refractivity contribution in [2.75, 3.05) is 3.59 Å². The van der Waals surface area contributed by atoms with Crippen LogP contribution in [0, 0.1) is 0 Å². The SMILES string of the molecule is CCC1=[C]([Zr][CH2]Cl)CC=C1.CCCCC.CCCCC. The summed E-state index contributed by atoms with van der Waals surface area (Å²) in [5, 5.41) is 0. The van der Waals surface area contributed by atoms with Gasteiger partial charge in [0, 0.05) is 0 Å². The summed E-state index contributed by atoms with van der Waals surface area (Å²) in [6.45, 7) is 11.1. The third-order valence-electron chi connectivity index (χ3n) is 3.10. The van der Waals surface area contributed by atoms with Crippen molar-refractivity contribution in [2.45, 2.75) is 86.0 Å². The van der Waals surface area contributed by atoms with Gasteiger partial charge in [-0.1, -0.05) is 66.2 Å². The van der Waals surface area contributed by atoms with Crippen LogP contribution in [0.4, 0.5) is 0 Å². The minimum Gasteiger partial charge on any atom is -0.0654 e. The second kappa shape index (κ2) is 19.7. The quantitative estimate of drug-likeness (QED) is 0.408. The smallest absolute Gasteiger partial charge is 0.0538 e.